The van der Waals surface area contributed by atoms with Crippen molar-refractivity contribution in [3.63, 3.8) is 0 Å². The zero-order valence-corrected chi connectivity index (χ0v) is 10.1. The van der Waals surface area contributed by atoms with Gasteiger partial charge in [0.1, 0.15) is 0 Å². The maximum atomic E-state index is 2.65. The molecule has 10 heavy (non-hydrogen) atoms. The lowest BCUT2D eigenvalue weighted by Gasteiger charge is -2.29. The molecule has 58 valence electrons. The van der Waals surface area contributed by atoms with Gasteiger partial charge in [0, 0.05) is 6.04 Å². The van der Waals surface area contributed by atoms with Crippen LogP contribution in [0.1, 0.15) is 19.3 Å². The summed E-state index contributed by atoms with van der Waals surface area (Å²) in [4.78, 5) is 2.65. The quantitative estimate of drug-likeness (QED) is 0.394. The van der Waals surface area contributed by atoms with E-state index in [1.807, 2.05) is 0 Å². The van der Waals surface area contributed by atoms with Gasteiger partial charge in [-0.05, 0) is 25.2 Å². The summed E-state index contributed by atoms with van der Waals surface area (Å²) in [6.07, 6.45) is 4.44. The molecule has 2 aliphatic rings. The third kappa shape index (κ3) is 1.12. The topological polar surface area (TPSA) is 3.24 Å². The van der Waals surface area contributed by atoms with Crippen LogP contribution in [0.25, 0.3) is 0 Å². The van der Waals surface area contributed by atoms with Crippen LogP contribution in [-0.4, -0.2) is 19.5 Å². The minimum atomic E-state index is 0.855. The molecule has 1 saturated carbocycles. The van der Waals surface area contributed by atoms with Gasteiger partial charge in [0.15, 0.2) is 0 Å². The fraction of sp³-hybridized carbons (Fsp3) is 1.00. The number of hydrogen-bond donors (Lipinski definition) is 0. The maximum absolute atomic E-state index is 2.65. The van der Waals surface area contributed by atoms with Crippen LogP contribution in [0, 0.1) is 5.92 Å². The molecule has 1 aliphatic carbocycles. The van der Waals surface area contributed by atoms with E-state index in [9.17, 15) is 0 Å². The van der Waals surface area contributed by atoms with Gasteiger partial charge < -0.3 is 0 Å². The normalized spacial score (nSPS) is 46.8. The van der Waals surface area contributed by atoms with E-state index in [0.29, 0.717) is 0 Å². The fourth-order valence-electron chi connectivity index (χ4n) is 2.18. The minimum absolute atomic E-state index is 0.855. The number of nitrogens with zero attached hydrogens (tertiary/aromatic N) is 1. The number of piperidine rings is 1. The van der Waals surface area contributed by atoms with E-state index in [-0.39, 0.29) is 0 Å². The molecule has 0 spiro atoms. The van der Waals surface area contributed by atoms with Crippen LogP contribution in [0.4, 0.5) is 0 Å². The lowest BCUT2D eigenvalue weighted by molar-refractivity contribution is 0.244. The highest BCUT2D eigenvalue weighted by atomic mass is 127. The molecule has 0 aromatic rings. The van der Waals surface area contributed by atoms with Crippen LogP contribution in [0.3, 0.4) is 0 Å². The Morgan fingerprint density at radius 2 is 2.20 bits per heavy atom. The Hall–Kier alpha value is 1.42. The van der Waals surface area contributed by atoms with E-state index in [4.69, 9.17) is 0 Å². The molecule has 0 amide bonds. The Bertz CT molecular complexity index is 138. The number of halogens is 2. The summed E-state index contributed by atoms with van der Waals surface area (Å²) in [6.45, 7) is 0. The van der Waals surface area contributed by atoms with Crippen molar-refractivity contribution in [2.45, 2.75) is 29.4 Å². The number of alkyl halides is 2. The molecular formula is C7H11I2N. The van der Waals surface area contributed by atoms with Crippen molar-refractivity contribution in [1.82, 2.24) is 4.90 Å². The zero-order valence-electron chi connectivity index (χ0n) is 5.76. The molecule has 1 saturated heterocycles. The van der Waals surface area contributed by atoms with Crippen LogP contribution in [0.15, 0.2) is 0 Å². The van der Waals surface area contributed by atoms with Gasteiger partial charge in [0.2, 0.25) is 0 Å². The Morgan fingerprint density at radius 3 is 2.60 bits per heavy atom. The smallest absolute Gasteiger partial charge is 0.0656 e. The number of likely N-dealkylation sites (tertiary alicyclic amines) is 1. The van der Waals surface area contributed by atoms with Gasteiger partial charge in [-0.25, -0.2) is 0 Å². The Balaban J connectivity index is 2.10. The molecule has 3 heteroatoms. The molecule has 0 N–H and O–H groups in total. The highest BCUT2D eigenvalue weighted by Gasteiger charge is 2.43. The third-order valence-corrected chi connectivity index (χ3v) is 5.28. The molecule has 2 bridgehead atoms. The first-order chi connectivity index (χ1) is 4.83. The van der Waals surface area contributed by atoms with Crippen molar-refractivity contribution < 1.29 is 0 Å². The highest BCUT2D eigenvalue weighted by Crippen LogP contribution is 2.45. The second-order valence-corrected chi connectivity index (χ2v) is 5.19. The van der Waals surface area contributed by atoms with Crippen molar-refractivity contribution in [3.05, 3.63) is 0 Å². The summed E-state index contributed by atoms with van der Waals surface area (Å²) in [7, 11) is 0. The molecule has 3 unspecified atom stereocenters. The SMILES string of the molecule is ICN1C2CCC(C2)C1I. The number of hydrogen-bond acceptors (Lipinski definition) is 1. The monoisotopic (exact) mass is 363 g/mol. The highest BCUT2D eigenvalue weighted by molar-refractivity contribution is 14.1. The van der Waals surface area contributed by atoms with Crippen molar-refractivity contribution in [2.24, 2.45) is 5.92 Å². The number of rotatable bonds is 1. The molecule has 2 rings (SSSR count). The lowest BCUT2D eigenvalue weighted by Crippen LogP contribution is -2.35. The van der Waals surface area contributed by atoms with Gasteiger partial charge in [0.25, 0.3) is 0 Å². The van der Waals surface area contributed by atoms with Crippen molar-refractivity contribution in [1.29, 1.82) is 0 Å². The summed E-state index contributed by atoms with van der Waals surface area (Å²) in [5.41, 5.74) is 0. The largest absolute Gasteiger partial charge is 0.279 e. The van der Waals surface area contributed by atoms with Gasteiger partial charge in [-0.2, -0.15) is 0 Å². The predicted molar refractivity (Wildman–Crippen MR) is 59.7 cm³/mol. The summed E-state index contributed by atoms with van der Waals surface area (Å²) in [6, 6.07) is 0.948. The Labute approximate surface area is 89.2 Å². The van der Waals surface area contributed by atoms with Gasteiger partial charge in [0.05, 0.1) is 8.60 Å². The molecule has 1 heterocycles. The Morgan fingerprint density at radius 1 is 1.40 bits per heavy atom. The zero-order chi connectivity index (χ0) is 7.14. The van der Waals surface area contributed by atoms with E-state index in [0.717, 1.165) is 16.0 Å². The molecular weight excluding hydrogens is 352 g/mol. The third-order valence-electron chi connectivity index (χ3n) is 2.76. The molecule has 0 radical (unpaired) electrons. The molecule has 1 nitrogen and oxygen atoms in total. The van der Waals surface area contributed by atoms with Gasteiger partial charge >= 0.3 is 0 Å². The number of fused-ring (bicyclic) bond motifs is 2. The van der Waals surface area contributed by atoms with E-state index < -0.39 is 0 Å². The summed E-state index contributed by atoms with van der Waals surface area (Å²) >= 11 is 5.09. The van der Waals surface area contributed by atoms with Gasteiger partial charge in [-0.3, -0.25) is 4.90 Å². The average Bonchev–Trinajstić information content (AvgIpc) is 2.46. The van der Waals surface area contributed by atoms with Crippen molar-refractivity contribution in [2.75, 3.05) is 4.55 Å². The molecule has 2 fully saturated rings. The lowest BCUT2D eigenvalue weighted by atomic mass is 10.1. The first kappa shape index (κ1) is 8.04. The first-order valence-corrected chi connectivity index (χ1v) is 6.56. The van der Waals surface area contributed by atoms with E-state index >= 15 is 0 Å². The standard InChI is InChI=1S/C7H11I2N/c8-4-10-6-2-1-5(3-6)7(10)9/h5-7H,1-4H2. The van der Waals surface area contributed by atoms with Crippen LogP contribution >= 0.6 is 45.2 Å². The van der Waals surface area contributed by atoms with E-state index in [1.54, 1.807) is 0 Å². The molecule has 3 atom stereocenters. The van der Waals surface area contributed by atoms with E-state index in [2.05, 4.69) is 50.1 Å². The van der Waals surface area contributed by atoms with Crippen molar-refractivity contribution >= 4 is 45.2 Å². The predicted octanol–water partition coefficient (Wildman–Crippen LogP) is 2.62. The average molecular weight is 363 g/mol. The van der Waals surface area contributed by atoms with Crippen LogP contribution in [0.2, 0.25) is 0 Å². The summed E-state index contributed by atoms with van der Waals surface area (Å²) in [5.74, 6) is 1.03. The van der Waals surface area contributed by atoms with E-state index in [1.165, 1.54) is 23.8 Å². The summed E-state index contributed by atoms with van der Waals surface area (Å²) in [5, 5.41) is 0. The first-order valence-electron chi connectivity index (χ1n) is 3.78. The second-order valence-electron chi connectivity index (χ2n) is 3.23. The van der Waals surface area contributed by atoms with Crippen LogP contribution in [-0.2, 0) is 0 Å². The minimum Gasteiger partial charge on any atom is -0.279 e. The fourth-order valence-corrected chi connectivity index (χ4v) is 5.22. The second kappa shape index (κ2) is 3.05. The molecule has 0 aromatic heterocycles. The summed E-state index contributed by atoms with van der Waals surface area (Å²) < 4.78 is 2.08. The van der Waals surface area contributed by atoms with Crippen LogP contribution < -0.4 is 0 Å². The van der Waals surface area contributed by atoms with Crippen LogP contribution in [0.5, 0.6) is 0 Å². The van der Waals surface area contributed by atoms with Gasteiger partial charge in [-0.1, -0.05) is 45.2 Å². The van der Waals surface area contributed by atoms with Gasteiger partial charge in [-0.15, -0.1) is 0 Å². The maximum Gasteiger partial charge on any atom is 0.0656 e. The van der Waals surface area contributed by atoms with Crippen molar-refractivity contribution in [3.8, 4) is 0 Å². The molecule has 1 aliphatic heterocycles. The Kier molecular flexibility index (Phi) is 2.45. The molecule has 0 aromatic carbocycles.